The third-order valence-electron chi connectivity index (χ3n) is 3.86. The zero-order valence-corrected chi connectivity index (χ0v) is 16.9. The molecule has 1 amide bonds. The molecule has 2 heterocycles. The molecule has 140 valence electrons. The van der Waals surface area contributed by atoms with Crippen LogP contribution in [0, 0.1) is 0 Å². The molecule has 0 saturated carbocycles. The Morgan fingerprint density at radius 3 is 2.70 bits per heavy atom. The topological polar surface area (TPSA) is 88.3 Å². The fourth-order valence-electron chi connectivity index (χ4n) is 2.55. The average molecular weight is 449 g/mol. The smallest absolute Gasteiger partial charge is 0.356 e. The number of halogens is 1. The van der Waals surface area contributed by atoms with Gasteiger partial charge in [-0.3, -0.25) is 9.59 Å². The van der Waals surface area contributed by atoms with Gasteiger partial charge in [-0.05, 0) is 40.5 Å². The molecule has 2 aromatic heterocycles. The number of Topliss-reactive ketones (excluding diaryl/α,β-unsaturated/α-hetero) is 1. The number of aromatic amines is 1. The zero-order chi connectivity index (χ0) is 19.4. The van der Waals surface area contributed by atoms with E-state index in [1.807, 2.05) is 30.3 Å². The minimum atomic E-state index is -0.589. The van der Waals surface area contributed by atoms with Gasteiger partial charge in [0.15, 0.2) is 6.61 Å². The lowest BCUT2D eigenvalue weighted by Gasteiger charge is -2.02. The van der Waals surface area contributed by atoms with Gasteiger partial charge in [-0.2, -0.15) is 0 Å². The molecule has 0 aliphatic carbocycles. The lowest BCUT2D eigenvalue weighted by atomic mass is 10.2. The molecule has 8 heteroatoms. The lowest BCUT2D eigenvalue weighted by Crippen LogP contribution is -2.22. The molecule has 1 aromatic carbocycles. The van der Waals surface area contributed by atoms with Crippen LogP contribution in [0.5, 0.6) is 0 Å². The molecule has 0 saturated heterocycles. The number of fused-ring (bicyclic) bond motifs is 1. The van der Waals surface area contributed by atoms with Crippen molar-refractivity contribution >= 4 is 55.8 Å². The van der Waals surface area contributed by atoms with E-state index in [-0.39, 0.29) is 24.0 Å². The lowest BCUT2D eigenvalue weighted by molar-refractivity contribution is -0.118. The molecule has 0 bridgehead atoms. The molecule has 0 unspecified atom stereocenters. The summed E-state index contributed by atoms with van der Waals surface area (Å²) in [5.74, 6) is -0.932. The number of benzene rings is 1. The first-order valence-corrected chi connectivity index (χ1v) is 9.86. The number of nitrogens with one attached hydrogen (secondary N) is 2. The zero-order valence-electron chi connectivity index (χ0n) is 14.5. The Labute approximate surface area is 168 Å². The predicted molar refractivity (Wildman–Crippen MR) is 107 cm³/mol. The maximum absolute atomic E-state index is 12.3. The number of H-pyrrole nitrogens is 1. The van der Waals surface area contributed by atoms with Gasteiger partial charge in [0.05, 0.1) is 9.35 Å². The number of esters is 1. The Balaban J connectivity index is 1.58. The van der Waals surface area contributed by atoms with Crippen molar-refractivity contribution in [3.8, 4) is 0 Å². The average Bonchev–Trinajstić information content (AvgIpc) is 3.24. The van der Waals surface area contributed by atoms with Crippen molar-refractivity contribution in [2.45, 2.75) is 13.3 Å². The first kappa shape index (κ1) is 19.3. The van der Waals surface area contributed by atoms with Crippen LogP contribution < -0.4 is 5.32 Å². The summed E-state index contributed by atoms with van der Waals surface area (Å²) in [6.45, 7) is 1.66. The number of hydrogen-bond acceptors (Lipinski definition) is 5. The van der Waals surface area contributed by atoms with Crippen molar-refractivity contribution in [2.75, 3.05) is 13.2 Å². The molecule has 3 rings (SSSR count). The highest BCUT2D eigenvalue weighted by Gasteiger charge is 2.19. The second-order valence-corrected chi connectivity index (χ2v) is 7.82. The molecule has 0 atom stereocenters. The number of ketones is 1. The molecular formula is C19H17BrN2O4S. The van der Waals surface area contributed by atoms with Gasteiger partial charge in [0.1, 0.15) is 5.69 Å². The monoisotopic (exact) mass is 448 g/mol. The van der Waals surface area contributed by atoms with Gasteiger partial charge in [-0.25, -0.2) is 4.79 Å². The van der Waals surface area contributed by atoms with Crippen LogP contribution in [0.4, 0.5) is 0 Å². The third-order valence-corrected chi connectivity index (χ3v) is 5.87. The summed E-state index contributed by atoms with van der Waals surface area (Å²) < 4.78 is 5.79. The standard InChI is InChI=1S/C19H17BrN2O4S/c1-11(23)21-9-8-12-6-7-16(27-12)15(24)10-26-19(25)18-17(20)13-4-2-3-5-14(13)22-18/h2-7,22H,8-10H2,1H3,(H,21,23). The van der Waals surface area contributed by atoms with Gasteiger partial charge >= 0.3 is 5.97 Å². The summed E-state index contributed by atoms with van der Waals surface area (Å²) in [5.41, 5.74) is 1.09. The molecule has 0 aliphatic rings. The van der Waals surface area contributed by atoms with Crippen molar-refractivity contribution in [3.05, 3.63) is 56.3 Å². The van der Waals surface area contributed by atoms with Crippen molar-refractivity contribution in [1.82, 2.24) is 10.3 Å². The van der Waals surface area contributed by atoms with E-state index in [1.165, 1.54) is 18.3 Å². The summed E-state index contributed by atoms with van der Waals surface area (Å²) in [4.78, 5) is 40.0. The number of hydrogen-bond donors (Lipinski definition) is 2. The van der Waals surface area contributed by atoms with E-state index >= 15 is 0 Å². The van der Waals surface area contributed by atoms with Crippen molar-refractivity contribution in [3.63, 3.8) is 0 Å². The van der Waals surface area contributed by atoms with Gasteiger partial charge in [0.2, 0.25) is 11.7 Å². The molecule has 27 heavy (non-hydrogen) atoms. The van der Waals surface area contributed by atoms with E-state index < -0.39 is 5.97 Å². The van der Waals surface area contributed by atoms with Crippen LogP contribution in [0.25, 0.3) is 10.9 Å². The number of ether oxygens (including phenoxy) is 1. The summed E-state index contributed by atoms with van der Waals surface area (Å²) in [7, 11) is 0. The SMILES string of the molecule is CC(=O)NCCc1ccc(C(=O)COC(=O)c2[nH]c3ccccc3c2Br)s1. The van der Waals surface area contributed by atoms with E-state index in [9.17, 15) is 14.4 Å². The second-order valence-electron chi connectivity index (χ2n) is 5.86. The van der Waals surface area contributed by atoms with Gasteiger partial charge < -0.3 is 15.0 Å². The highest BCUT2D eigenvalue weighted by atomic mass is 79.9. The van der Waals surface area contributed by atoms with Crippen LogP contribution in [0.1, 0.15) is 32.0 Å². The molecule has 6 nitrogen and oxygen atoms in total. The number of aromatic nitrogens is 1. The van der Waals surface area contributed by atoms with Crippen LogP contribution in [0.2, 0.25) is 0 Å². The van der Waals surface area contributed by atoms with Crippen molar-refractivity contribution in [2.24, 2.45) is 0 Å². The first-order valence-electron chi connectivity index (χ1n) is 8.25. The van der Waals surface area contributed by atoms with Crippen LogP contribution in [0.15, 0.2) is 40.9 Å². The van der Waals surface area contributed by atoms with Crippen LogP contribution in [0.3, 0.4) is 0 Å². The van der Waals surface area contributed by atoms with Gasteiger partial charge in [-0.1, -0.05) is 18.2 Å². The minimum Gasteiger partial charge on any atom is -0.453 e. The van der Waals surface area contributed by atoms with E-state index in [1.54, 1.807) is 6.07 Å². The summed E-state index contributed by atoms with van der Waals surface area (Å²) in [6, 6.07) is 11.0. The molecular weight excluding hydrogens is 432 g/mol. The largest absolute Gasteiger partial charge is 0.453 e. The maximum Gasteiger partial charge on any atom is 0.356 e. The molecule has 3 aromatic rings. The van der Waals surface area contributed by atoms with Crippen LogP contribution >= 0.6 is 27.3 Å². The highest BCUT2D eigenvalue weighted by molar-refractivity contribution is 9.10. The van der Waals surface area contributed by atoms with Gasteiger partial charge in [0.25, 0.3) is 0 Å². The van der Waals surface area contributed by atoms with E-state index in [4.69, 9.17) is 4.74 Å². The van der Waals surface area contributed by atoms with Crippen molar-refractivity contribution < 1.29 is 19.1 Å². The van der Waals surface area contributed by atoms with Crippen molar-refractivity contribution in [1.29, 1.82) is 0 Å². The number of rotatable bonds is 7. The maximum atomic E-state index is 12.3. The highest BCUT2D eigenvalue weighted by Crippen LogP contribution is 2.28. The van der Waals surface area contributed by atoms with Crippen LogP contribution in [-0.2, 0) is 16.0 Å². The molecule has 2 N–H and O–H groups in total. The summed E-state index contributed by atoms with van der Waals surface area (Å²) in [6.07, 6.45) is 0.652. The van der Waals surface area contributed by atoms with E-state index in [0.717, 1.165) is 15.8 Å². The Hall–Kier alpha value is -2.45. The minimum absolute atomic E-state index is 0.0853. The number of carbonyl (C=O) groups excluding carboxylic acids is 3. The second kappa shape index (κ2) is 8.49. The Morgan fingerprint density at radius 2 is 1.96 bits per heavy atom. The molecule has 0 aliphatic heterocycles. The Kier molecular flexibility index (Phi) is 6.08. The number of amides is 1. The van der Waals surface area contributed by atoms with E-state index in [0.29, 0.717) is 22.3 Å². The predicted octanol–water partition coefficient (Wildman–Crippen LogP) is 3.71. The van der Waals surface area contributed by atoms with E-state index in [2.05, 4.69) is 26.2 Å². The Bertz CT molecular complexity index is 1010. The first-order chi connectivity index (χ1) is 13.0. The fraction of sp³-hybridized carbons (Fsp3) is 0.211. The summed E-state index contributed by atoms with van der Waals surface area (Å²) >= 11 is 4.73. The Morgan fingerprint density at radius 1 is 1.19 bits per heavy atom. The fourth-order valence-corrected chi connectivity index (χ4v) is 4.08. The molecule has 0 radical (unpaired) electrons. The van der Waals surface area contributed by atoms with Crippen LogP contribution in [-0.4, -0.2) is 35.8 Å². The number of thiophene rings is 1. The third kappa shape index (κ3) is 4.64. The van der Waals surface area contributed by atoms with Gasteiger partial charge in [-0.15, -0.1) is 11.3 Å². The van der Waals surface area contributed by atoms with Gasteiger partial charge in [0, 0.05) is 29.2 Å². The number of para-hydroxylation sites is 1. The number of carbonyl (C=O) groups is 3. The quantitative estimate of drug-likeness (QED) is 0.425. The summed E-state index contributed by atoms with van der Waals surface area (Å²) in [5, 5.41) is 3.59. The molecule has 0 fully saturated rings. The molecule has 0 spiro atoms. The normalized spacial score (nSPS) is 10.7.